The molecule has 0 unspecified atom stereocenters. The molecule has 0 spiro atoms. The average Bonchev–Trinajstić information content (AvgIpc) is 1.85. The van der Waals surface area contributed by atoms with E-state index in [2.05, 4.69) is 12.8 Å². The maximum Gasteiger partial charge on any atom is 0.251 e. The van der Waals surface area contributed by atoms with Crippen molar-refractivity contribution in [3.63, 3.8) is 0 Å². The van der Waals surface area contributed by atoms with Gasteiger partial charge >= 0.3 is 0 Å². The van der Waals surface area contributed by atoms with Crippen LogP contribution in [0.4, 0.5) is 0 Å². The Balaban J connectivity index is 4.12. The summed E-state index contributed by atoms with van der Waals surface area (Å²) >= 11 is 15.9. The fourth-order valence-electron chi connectivity index (χ4n) is 0.278. The second-order valence-electron chi connectivity index (χ2n) is 2.92. The van der Waals surface area contributed by atoms with E-state index in [1.807, 2.05) is 33.1 Å². The first-order valence-electron chi connectivity index (χ1n) is 3.25. The molecule has 0 rings (SSSR count). The number of thiol groups is 1. The molecule has 0 fully saturated rings. The highest BCUT2D eigenvalue weighted by Crippen LogP contribution is 2.18. The van der Waals surface area contributed by atoms with Gasteiger partial charge in [0.25, 0.3) is 4.32 Å². The first kappa shape index (κ1) is 12.6. The predicted molar refractivity (Wildman–Crippen MR) is 67.6 cm³/mol. The lowest BCUT2D eigenvalue weighted by Crippen LogP contribution is -2.34. The molecule has 0 aromatic rings. The van der Waals surface area contributed by atoms with Crippen LogP contribution in [-0.2, 0) is 0 Å². The number of quaternary nitrogens is 1. The topological polar surface area (TPSA) is 3.24 Å². The first-order chi connectivity index (χ1) is 5.25. The Morgan fingerprint density at radius 1 is 1.33 bits per heavy atom. The standard InChI is InChI=1S/C6H13N2S4/c1-7(2)5(9)12-6(10)8(3,4)11/h11H,1-4H3/q+1. The van der Waals surface area contributed by atoms with Gasteiger partial charge in [-0.05, 0) is 12.2 Å². The van der Waals surface area contributed by atoms with E-state index in [4.69, 9.17) is 24.4 Å². The van der Waals surface area contributed by atoms with Crippen LogP contribution in [0, 0.1) is 0 Å². The summed E-state index contributed by atoms with van der Waals surface area (Å²) in [5.41, 5.74) is 0. The van der Waals surface area contributed by atoms with E-state index in [9.17, 15) is 0 Å². The molecule has 0 saturated carbocycles. The van der Waals surface area contributed by atoms with E-state index in [0.29, 0.717) is 3.89 Å². The minimum Gasteiger partial charge on any atom is -0.363 e. The summed E-state index contributed by atoms with van der Waals surface area (Å²) in [4.78, 5) is 1.86. The van der Waals surface area contributed by atoms with Crippen molar-refractivity contribution < 1.29 is 3.89 Å². The molecule has 0 aromatic carbocycles. The maximum atomic E-state index is 5.13. The molecular formula is C6H13N2S4+. The zero-order valence-electron chi connectivity index (χ0n) is 7.57. The van der Waals surface area contributed by atoms with Crippen LogP contribution in [0.3, 0.4) is 0 Å². The van der Waals surface area contributed by atoms with Crippen molar-refractivity contribution in [3.05, 3.63) is 0 Å². The Labute approximate surface area is 94.4 Å². The van der Waals surface area contributed by atoms with E-state index >= 15 is 0 Å². The highest BCUT2D eigenvalue weighted by Gasteiger charge is 2.21. The fraction of sp³-hybridized carbons (Fsp3) is 0.667. The Hall–Kier alpha value is 0.640. The van der Waals surface area contributed by atoms with Gasteiger partial charge in [-0.25, -0.2) is 3.89 Å². The quantitative estimate of drug-likeness (QED) is 0.391. The zero-order valence-corrected chi connectivity index (χ0v) is 10.9. The van der Waals surface area contributed by atoms with Crippen molar-refractivity contribution in [2.24, 2.45) is 0 Å². The predicted octanol–water partition coefficient (Wildman–Crippen LogP) is 1.77. The molecule has 0 heterocycles. The van der Waals surface area contributed by atoms with Gasteiger partial charge in [-0.1, -0.05) is 12.2 Å². The monoisotopic (exact) mass is 241 g/mol. The van der Waals surface area contributed by atoms with Crippen LogP contribution in [0.1, 0.15) is 0 Å². The first-order valence-corrected chi connectivity index (χ1v) is 5.29. The summed E-state index contributed by atoms with van der Waals surface area (Å²) < 4.78 is 1.87. The molecule has 2 nitrogen and oxygen atoms in total. The molecule has 0 aromatic heterocycles. The third kappa shape index (κ3) is 4.61. The van der Waals surface area contributed by atoms with Crippen LogP contribution < -0.4 is 0 Å². The number of thioether (sulfide) groups is 1. The average molecular weight is 241 g/mol. The van der Waals surface area contributed by atoms with Gasteiger partial charge in [0.05, 0.1) is 26.9 Å². The summed E-state index contributed by atoms with van der Waals surface area (Å²) in [5.74, 6) is 0. The van der Waals surface area contributed by atoms with Crippen molar-refractivity contribution >= 4 is 57.7 Å². The van der Waals surface area contributed by atoms with Crippen molar-refractivity contribution in [1.82, 2.24) is 4.90 Å². The smallest absolute Gasteiger partial charge is 0.251 e. The fourth-order valence-corrected chi connectivity index (χ4v) is 1.59. The summed E-state index contributed by atoms with van der Waals surface area (Å²) in [5, 5.41) is 0. The molecule has 0 amide bonds. The molecule has 0 aliphatic rings. The van der Waals surface area contributed by atoms with Crippen LogP contribution >= 0.6 is 49.0 Å². The van der Waals surface area contributed by atoms with Gasteiger partial charge in [-0.3, -0.25) is 0 Å². The van der Waals surface area contributed by atoms with Crippen molar-refractivity contribution in [2.45, 2.75) is 0 Å². The molecule has 70 valence electrons. The van der Waals surface area contributed by atoms with Gasteiger partial charge < -0.3 is 4.90 Å². The third-order valence-electron chi connectivity index (χ3n) is 0.987. The van der Waals surface area contributed by atoms with E-state index in [1.54, 1.807) is 0 Å². The van der Waals surface area contributed by atoms with Crippen LogP contribution in [0.15, 0.2) is 0 Å². The Morgan fingerprint density at radius 2 is 1.75 bits per heavy atom. The van der Waals surface area contributed by atoms with Gasteiger partial charge in [-0.2, -0.15) is 0 Å². The lowest BCUT2D eigenvalue weighted by atomic mass is 11.0. The van der Waals surface area contributed by atoms with Crippen LogP contribution in [0.2, 0.25) is 0 Å². The Kier molecular flexibility index (Phi) is 5.01. The lowest BCUT2D eigenvalue weighted by Gasteiger charge is -2.21. The van der Waals surface area contributed by atoms with Crippen molar-refractivity contribution in [1.29, 1.82) is 0 Å². The van der Waals surface area contributed by atoms with Crippen molar-refractivity contribution in [3.8, 4) is 0 Å². The molecule has 0 N–H and O–H groups in total. The molecule has 6 heteroatoms. The molecular weight excluding hydrogens is 228 g/mol. The minimum atomic E-state index is 0.355. The molecule has 0 bridgehead atoms. The second-order valence-corrected chi connectivity index (χ2v) is 6.19. The lowest BCUT2D eigenvalue weighted by molar-refractivity contribution is -0.634. The summed E-state index contributed by atoms with van der Waals surface area (Å²) in [6.45, 7) is 0. The van der Waals surface area contributed by atoms with Gasteiger partial charge in [-0.15, -0.1) is 0 Å². The number of rotatable bonds is 0. The largest absolute Gasteiger partial charge is 0.363 e. The number of thiocarbonyl (C=S) groups is 2. The second kappa shape index (κ2) is 4.76. The summed E-state index contributed by atoms with van der Waals surface area (Å²) in [6.07, 6.45) is 0. The van der Waals surface area contributed by atoms with E-state index in [-0.39, 0.29) is 0 Å². The van der Waals surface area contributed by atoms with E-state index in [1.165, 1.54) is 11.8 Å². The minimum absolute atomic E-state index is 0.355. The van der Waals surface area contributed by atoms with Crippen LogP contribution in [0.5, 0.6) is 0 Å². The van der Waals surface area contributed by atoms with Gasteiger partial charge in [0, 0.05) is 25.9 Å². The van der Waals surface area contributed by atoms with Crippen LogP contribution in [0.25, 0.3) is 0 Å². The molecule has 0 atom stereocenters. The van der Waals surface area contributed by atoms with Gasteiger partial charge in [0.1, 0.15) is 4.32 Å². The SMILES string of the molecule is CN(C)C(=S)SC(=S)[N+](C)(C)S. The van der Waals surface area contributed by atoms with E-state index < -0.39 is 0 Å². The molecule has 0 radical (unpaired) electrons. The molecule has 0 aliphatic heterocycles. The number of nitrogens with zero attached hydrogens (tertiary/aromatic N) is 2. The molecule has 0 saturated heterocycles. The highest BCUT2D eigenvalue weighted by molar-refractivity contribution is 8.37. The molecule has 12 heavy (non-hydrogen) atoms. The summed E-state index contributed by atoms with van der Waals surface area (Å²) in [6, 6.07) is 0. The maximum absolute atomic E-state index is 5.13. The number of hydrogen-bond acceptors (Lipinski definition) is 4. The Bertz CT molecular complexity index is 194. The third-order valence-corrected chi connectivity index (χ3v) is 3.95. The highest BCUT2D eigenvalue weighted by atomic mass is 32.2. The Morgan fingerprint density at radius 3 is 2.00 bits per heavy atom. The molecule has 0 aliphatic carbocycles. The number of hydrogen-bond donors (Lipinski definition) is 1. The van der Waals surface area contributed by atoms with E-state index in [0.717, 1.165) is 8.64 Å². The summed E-state index contributed by atoms with van der Waals surface area (Å²) in [7, 11) is 7.60. The normalized spacial score (nSPS) is 11.1. The van der Waals surface area contributed by atoms with Gasteiger partial charge in [0.15, 0.2) is 0 Å². The zero-order chi connectivity index (χ0) is 9.94. The van der Waals surface area contributed by atoms with Gasteiger partial charge in [0.2, 0.25) is 0 Å². The van der Waals surface area contributed by atoms with Crippen LogP contribution in [-0.4, -0.2) is 45.6 Å². The van der Waals surface area contributed by atoms with Crippen molar-refractivity contribution in [2.75, 3.05) is 28.2 Å².